The van der Waals surface area contributed by atoms with Gasteiger partial charge in [-0.2, -0.15) is 11.8 Å². The number of nitrogens with zero attached hydrogens (tertiary/aromatic N) is 2. The van der Waals surface area contributed by atoms with E-state index < -0.39 is 0 Å². The van der Waals surface area contributed by atoms with Gasteiger partial charge in [0.2, 0.25) is 0 Å². The fraction of sp³-hybridized carbons (Fsp3) is 0.583. The summed E-state index contributed by atoms with van der Waals surface area (Å²) >= 11 is 2.04. The number of aryl methyl sites for hydroxylation is 1. The van der Waals surface area contributed by atoms with Crippen LogP contribution in [0.25, 0.3) is 0 Å². The average Bonchev–Trinajstić information content (AvgIpc) is 2.57. The lowest BCUT2D eigenvalue weighted by molar-refractivity contribution is 0.795. The third kappa shape index (κ3) is 2.68. The van der Waals surface area contributed by atoms with Crippen molar-refractivity contribution >= 4 is 17.6 Å². The Kier molecular flexibility index (Phi) is 4.07. The van der Waals surface area contributed by atoms with Crippen molar-refractivity contribution in [2.45, 2.75) is 19.9 Å². The Labute approximate surface area is 101 Å². The van der Waals surface area contributed by atoms with Gasteiger partial charge in [0, 0.05) is 31.6 Å². The molecule has 16 heavy (non-hydrogen) atoms. The van der Waals surface area contributed by atoms with E-state index in [1.807, 2.05) is 18.0 Å². The predicted octanol–water partition coefficient (Wildman–Crippen LogP) is 1.79. The molecule has 0 bridgehead atoms. The smallest absolute Gasteiger partial charge is 0.131 e. The monoisotopic (exact) mass is 237 g/mol. The molecule has 2 heterocycles. The van der Waals surface area contributed by atoms with Crippen LogP contribution in [0.2, 0.25) is 0 Å². The Hall–Kier alpha value is -0.740. The molecule has 0 amide bonds. The molecule has 0 atom stereocenters. The molecule has 2 N–H and O–H groups in total. The van der Waals surface area contributed by atoms with Crippen LogP contribution >= 0.6 is 11.8 Å². The highest BCUT2D eigenvalue weighted by molar-refractivity contribution is 7.99. The lowest BCUT2D eigenvalue weighted by Gasteiger charge is -2.23. The molecular weight excluding hydrogens is 218 g/mol. The number of aromatic nitrogens is 1. The van der Waals surface area contributed by atoms with Crippen LogP contribution in [0.1, 0.15) is 17.5 Å². The molecule has 2 rings (SSSR count). The second kappa shape index (κ2) is 5.55. The molecule has 0 aromatic carbocycles. The van der Waals surface area contributed by atoms with E-state index in [2.05, 4.69) is 22.9 Å². The van der Waals surface area contributed by atoms with E-state index >= 15 is 0 Å². The van der Waals surface area contributed by atoms with Crippen LogP contribution in [0, 0.1) is 6.92 Å². The topological polar surface area (TPSA) is 42.1 Å². The van der Waals surface area contributed by atoms with Crippen molar-refractivity contribution in [3.05, 3.63) is 23.4 Å². The molecule has 0 unspecified atom stereocenters. The highest BCUT2D eigenvalue weighted by atomic mass is 32.2. The first kappa shape index (κ1) is 11.7. The third-order valence-electron chi connectivity index (χ3n) is 2.86. The summed E-state index contributed by atoms with van der Waals surface area (Å²) in [5.41, 5.74) is 7.98. The summed E-state index contributed by atoms with van der Waals surface area (Å²) < 4.78 is 0. The summed E-state index contributed by atoms with van der Waals surface area (Å²) in [6.45, 7) is 4.94. The Morgan fingerprint density at radius 3 is 3.06 bits per heavy atom. The number of rotatable bonds is 2. The molecule has 1 aromatic heterocycles. The number of nitrogens with two attached hydrogens (primary N) is 1. The van der Waals surface area contributed by atoms with E-state index in [-0.39, 0.29) is 0 Å². The third-order valence-corrected chi connectivity index (χ3v) is 3.91. The molecule has 3 nitrogen and oxygen atoms in total. The van der Waals surface area contributed by atoms with E-state index in [0.717, 1.165) is 24.5 Å². The van der Waals surface area contributed by atoms with Crippen molar-refractivity contribution in [3.8, 4) is 0 Å². The van der Waals surface area contributed by atoms with Gasteiger partial charge in [-0.25, -0.2) is 4.98 Å². The van der Waals surface area contributed by atoms with E-state index in [0.29, 0.717) is 6.54 Å². The predicted molar refractivity (Wildman–Crippen MR) is 71.0 cm³/mol. The van der Waals surface area contributed by atoms with Gasteiger partial charge in [-0.15, -0.1) is 0 Å². The van der Waals surface area contributed by atoms with Gasteiger partial charge in [-0.1, -0.05) is 0 Å². The number of hydrogen-bond acceptors (Lipinski definition) is 4. The Morgan fingerprint density at radius 1 is 1.44 bits per heavy atom. The molecule has 0 radical (unpaired) electrons. The van der Waals surface area contributed by atoms with E-state index in [4.69, 9.17) is 5.73 Å². The molecular formula is C12H19N3S. The van der Waals surface area contributed by atoms with Gasteiger partial charge in [0.25, 0.3) is 0 Å². The maximum Gasteiger partial charge on any atom is 0.131 e. The van der Waals surface area contributed by atoms with Gasteiger partial charge in [-0.3, -0.25) is 0 Å². The van der Waals surface area contributed by atoms with Crippen LogP contribution < -0.4 is 10.6 Å². The SMILES string of the molecule is Cc1cc(CN)cnc1N1CCCSCC1. The first-order valence-corrected chi connectivity index (χ1v) is 6.95. The van der Waals surface area contributed by atoms with E-state index in [1.165, 1.54) is 23.5 Å². The molecule has 0 aliphatic carbocycles. The van der Waals surface area contributed by atoms with Crippen molar-refractivity contribution < 1.29 is 0 Å². The van der Waals surface area contributed by atoms with Crippen molar-refractivity contribution in [2.24, 2.45) is 5.73 Å². The van der Waals surface area contributed by atoms with Crippen LogP contribution in [-0.4, -0.2) is 29.6 Å². The molecule has 1 saturated heterocycles. The second-order valence-electron chi connectivity index (χ2n) is 4.14. The lowest BCUT2D eigenvalue weighted by atomic mass is 10.2. The quantitative estimate of drug-likeness (QED) is 0.851. The first-order valence-electron chi connectivity index (χ1n) is 5.79. The van der Waals surface area contributed by atoms with Crippen molar-refractivity contribution in [2.75, 3.05) is 29.5 Å². The molecule has 4 heteroatoms. The van der Waals surface area contributed by atoms with Gasteiger partial charge in [-0.05, 0) is 36.3 Å². The standard InChI is InChI=1S/C12H19N3S/c1-10-7-11(8-13)9-14-12(10)15-3-2-5-16-6-4-15/h7,9H,2-6,8,13H2,1H3. The minimum Gasteiger partial charge on any atom is -0.356 e. The number of thioether (sulfide) groups is 1. The van der Waals surface area contributed by atoms with Gasteiger partial charge in [0.1, 0.15) is 5.82 Å². The van der Waals surface area contributed by atoms with Crippen molar-refractivity contribution in [1.82, 2.24) is 4.98 Å². The van der Waals surface area contributed by atoms with Crippen LogP contribution in [0.4, 0.5) is 5.82 Å². The fourth-order valence-corrected chi connectivity index (χ4v) is 2.91. The van der Waals surface area contributed by atoms with Gasteiger partial charge < -0.3 is 10.6 Å². The zero-order chi connectivity index (χ0) is 11.4. The number of anilines is 1. The normalized spacial score (nSPS) is 17.2. The highest BCUT2D eigenvalue weighted by Crippen LogP contribution is 2.21. The Morgan fingerprint density at radius 2 is 2.31 bits per heavy atom. The number of pyridine rings is 1. The zero-order valence-corrected chi connectivity index (χ0v) is 10.6. The maximum atomic E-state index is 5.62. The zero-order valence-electron chi connectivity index (χ0n) is 9.78. The highest BCUT2D eigenvalue weighted by Gasteiger charge is 2.13. The lowest BCUT2D eigenvalue weighted by Crippen LogP contribution is -2.27. The summed E-state index contributed by atoms with van der Waals surface area (Å²) in [6, 6.07) is 2.15. The summed E-state index contributed by atoms with van der Waals surface area (Å²) in [5, 5.41) is 0. The Bertz CT molecular complexity index is 346. The molecule has 88 valence electrons. The summed E-state index contributed by atoms with van der Waals surface area (Å²) in [6.07, 6.45) is 3.16. The molecule has 1 aromatic rings. The van der Waals surface area contributed by atoms with Crippen LogP contribution in [0.5, 0.6) is 0 Å². The fourth-order valence-electron chi connectivity index (χ4n) is 2.03. The van der Waals surface area contributed by atoms with E-state index in [1.54, 1.807) is 0 Å². The minimum absolute atomic E-state index is 0.573. The summed E-state index contributed by atoms with van der Waals surface area (Å²) in [7, 11) is 0. The van der Waals surface area contributed by atoms with Crippen LogP contribution in [-0.2, 0) is 6.54 Å². The van der Waals surface area contributed by atoms with E-state index in [9.17, 15) is 0 Å². The van der Waals surface area contributed by atoms with Gasteiger partial charge in [0.05, 0.1) is 0 Å². The summed E-state index contributed by atoms with van der Waals surface area (Å²) in [4.78, 5) is 6.95. The van der Waals surface area contributed by atoms with Crippen LogP contribution in [0.3, 0.4) is 0 Å². The van der Waals surface area contributed by atoms with Gasteiger partial charge in [0.15, 0.2) is 0 Å². The Balaban J connectivity index is 2.18. The molecule has 1 fully saturated rings. The number of hydrogen-bond donors (Lipinski definition) is 1. The minimum atomic E-state index is 0.573. The average molecular weight is 237 g/mol. The second-order valence-corrected chi connectivity index (χ2v) is 5.37. The maximum absolute atomic E-state index is 5.62. The summed E-state index contributed by atoms with van der Waals surface area (Å²) in [5.74, 6) is 3.62. The first-order chi connectivity index (χ1) is 7.81. The molecule has 1 aliphatic heterocycles. The van der Waals surface area contributed by atoms with Crippen molar-refractivity contribution in [1.29, 1.82) is 0 Å². The molecule has 0 saturated carbocycles. The largest absolute Gasteiger partial charge is 0.356 e. The van der Waals surface area contributed by atoms with Crippen LogP contribution in [0.15, 0.2) is 12.3 Å². The van der Waals surface area contributed by atoms with Crippen molar-refractivity contribution in [3.63, 3.8) is 0 Å². The molecule has 1 aliphatic rings. The van der Waals surface area contributed by atoms with Gasteiger partial charge >= 0.3 is 0 Å². The molecule has 0 spiro atoms.